The van der Waals surface area contributed by atoms with Crippen LogP contribution in [0.1, 0.15) is 41.3 Å². The van der Waals surface area contributed by atoms with Crippen LogP contribution >= 0.6 is 0 Å². The molecule has 94 valence electrons. The summed E-state index contributed by atoms with van der Waals surface area (Å²) in [7, 11) is 0. The lowest BCUT2D eigenvalue weighted by atomic mass is 10.1. The summed E-state index contributed by atoms with van der Waals surface area (Å²) in [5.74, 6) is 1.59. The predicted octanol–water partition coefficient (Wildman–Crippen LogP) is 3.47. The lowest BCUT2D eigenvalue weighted by Gasteiger charge is -2.14. The van der Waals surface area contributed by atoms with E-state index in [1.165, 1.54) is 0 Å². The molecule has 0 radical (unpaired) electrons. The molecule has 0 spiro atoms. The summed E-state index contributed by atoms with van der Waals surface area (Å²) in [6.07, 6.45) is 0.797. The van der Waals surface area contributed by atoms with Crippen LogP contribution in [-0.2, 0) is 0 Å². The van der Waals surface area contributed by atoms with Crippen molar-refractivity contribution in [2.45, 2.75) is 26.3 Å². The molecule has 0 saturated carbocycles. The fourth-order valence-electron chi connectivity index (χ4n) is 1.85. The highest BCUT2D eigenvalue weighted by Crippen LogP contribution is 2.19. The summed E-state index contributed by atoms with van der Waals surface area (Å²) in [5.41, 5.74) is 0.666. The second-order valence-electron chi connectivity index (χ2n) is 4.25. The first-order valence-electron chi connectivity index (χ1n) is 6.13. The number of nitrogens with one attached hydrogen (secondary N) is 1. The molecule has 0 saturated heterocycles. The number of amides is 1. The Morgan fingerprint density at radius 1 is 1.22 bits per heavy atom. The summed E-state index contributed by atoms with van der Waals surface area (Å²) in [6, 6.07) is 12.9. The van der Waals surface area contributed by atoms with Crippen molar-refractivity contribution in [3.8, 4) is 0 Å². The highest BCUT2D eigenvalue weighted by atomic mass is 16.3. The number of benzene rings is 1. The number of hydrogen-bond donors (Lipinski definition) is 1. The SMILES string of the molecule is CCC(NC(=O)c1ccccc1)c1ccc(C)o1. The molecule has 1 unspecified atom stereocenters. The maximum absolute atomic E-state index is 12.0. The molecule has 1 aromatic carbocycles. The minimum absolute atomic E-state index is 0.0727. The van der Waals surface area contributed by atoms with Crippen molar-refractivity contribution in [1.29, 1.82) is 0 Å². The topological polar surface area (TPSA) is 42.2 Å². The van der Waals surface area contributed by atoms with E-state index in [1.807, 2.05) is 44.2 Å². The maximum atomic E-state index is 12.0. The summed E-state index contributed by atoms with van der Waals surface area (Å²) in [6.45, 7) is 3.92. The number of hydrogen-bond acceptors (Lipinski definition) is 2. The lowest BCUT2D eigenvalue weighted by molar-refractivity contribution is 0.0930. The first-order valence-corrected chi connectivity index (χ1v) is 6.13. The molecule has 2 aromatic rings. The Hall–Kier alpha value is -2.03. The fraction of sp³-hybridized carbons (Fsp3) is 0.267. The quantitative estimate of drug-likeness (QED) is 0.893. The van der Waals surface area contributed by atoms with E-state index in [4.69, 9.17) is 4.42 Å². The van der Waals surface area contributed by atoms with Gasteiger partial charge in [0.15, 0.2) is 0 Å². The van der Waals surface area contributed by atoms with Gasteiger partial charge >= 0.3 is 0 Å². The van der Waals surface area contributed by atoms with Crippen LogP contribution in [0.4, 0.5) is 0 Å². The Bertz CT molecular complexity index is 516. The number of carbonyl (C=O) groups excluding carboxylic acids is 1. The van der Waals surface area contributed by atoms with E-state index in [1.54, 1.807) is 12.1 Å². The average molecular weight is 243 g/mol. The molecule has 18 heavy (non-hydrogen) atoms. The molecule has 1 amide bonds. The second-order valence-corrected chi connectivity index (χ2v) is 4.25. The van der Waals surface area contributed by atoms with E-state index < -0.39 is 0 Å². The van der Waals surface area contributed by atoms with Crippen LogP contribution in [0.15, 0.2) is 46.9 Å². The molecule has 1 heterocycles. The van der Waals surface area contributed by atoms with Crippen molar-refractivity contribution in [2.75, 3.05) is 0 Å². The first kappa shape index (κ1) is 12.4. The summed E-state index contributed by atoms with van der Waals surface area (Å²) < 4.78 is 5.56. The minimum Gasteiger partial charge on any atom is -0.464 e. The van der Waals surface area contributed by atoms with Crippen molar-refractivity contribution in [3.63, 3.8) is 0 Å². The zero-order valence-electron chi connectivity index (χ0n) is 10.6. The molecular formula is C15H17NO2. The zero-order valence-corrected chi connectivity index (χ0v) is 10.6. The van der Waals surface area contributed by atoms with Crippen LogP contribution in [0.25, 0.3) is 0 Å². The third-order valence-electron chi connectivity index (χ3n) is 2.85. The molecule has 0 aliphatic carbocycles. The van der Waals surface area contributed by atoms with E-state index in [0.29, 0.717) is 5.56 Å². The second kappa shape index (κ2) is 5.54. The molecule has 0 fully saturated rings. The van der Waals surface area contributed by atoms with Gasteiger partial charge in [-0.2, -0.15) is 0 Å². The van der Waals surface area contributed by atoms with E-state index >= 15 is 0 Å². The van der Waals surface area contributed by atoms with Gasteiger partial charge in [0.25, 0.3) is 5.91 Å². The van der Waals surface area contributed by atoms with Gasteiger partial charge in [0.1, 0.15) is 11.5 Å². The molecule has 3 nitrogen and oxygen atoms in total. The fourth-order valence-corrected chi connectivity index (χ4v) is 1.85. The molecule has 3 heteroatoms. The van der Waals surface area contributed by atoms with E-state index in [-0.39, 0.29) is 11.9 Å². The van der Waals surface area contributed by atoms with Crippen LogP contribution in [0.2, 0.25) is 0 Å². The monoisotopic (exact) mass is 243 g/mol. The van der Waals surface area contributed by atoms with Gasteiger partial charge in [0, 0.05) is 5.56 Å². The van der Waals surface area contributed by atoms with Gasteiger partial charge in [-0.25, -0.2) is 0 Å². The van der Waals surface area contributed by atoms with Crippen LogP contribution in [0, 0.1) is 6.92 Å². The Morgan fingerprint density at radius 3 is 2.50 bits per heavy atom. The largest absolute Gasteiger partial charge is 0.464 e. The molecule has 0 aliphatic heterocycles. The minimum atomic E-state index is -0.0774. The average Bonchev–Trinajstić information content (AvgIpc) is 2.83. The lowest BCUT2D eigenvalue weighted by Crippen LogP contribution is -2.27. The van der Waals surface area contributed by atoms with Gasteiger partial charge in [-0.1, -0.05) is 25.1 Å². The highest BCUT2D eigenvalue weighted by molar-refractivity contribution is 5.94. The van der Waals surface area contributed by atoms with Gasteiger partial charge in [-0.15, -0.1) is 0 Å². The molecule has 1 N–H and O–H groups in total. The van der Waals surface area contributed by atoms with Gasteiger partial charge in [0.05, 0.1) is 6.04 Å². The van der Waals surface area contributed by atoms with Gasteiger partial charge in [0.2, 0.25) is 0 Å². The Kier molecular flexibility index (Phi) is 3.82. The van der Waals surface area contributed by atoms with Crippen LogP contribution in [-0.4, -0.2) is 5.91 Å². The zero-order chi connectivity index (χ0) is 13.0. The van der Waals surface area contributed by atoms with Crippen molar-refractivity contribution in [2.24, 2.45) is 0 Å². The van der Waals surface area contributed by atoms with Gasteiger partial charge in [-0.3, -0.25) is 4.79 Å². The smallest absolute Gasteiger partial charge is 0.251 e. The molecule has 1 atom stereocenters. The van der Waals surface area contributed by atoms with Crippen LogP contribution < -0.4 is 5.32 Å². The number of rotatable bonds is 4. The molecule has 1 aromatic heterocycles. The Labute approximate surface area is 107 Å². The van der Waals surface area contributed by atoms with E-state index in [0.717, 1.165) is 17.9 Å². The van der Waals surface area contributed by atoms with Gasteiger partial charge in [-0.05, 0) is 37.6 Å². The standard InChI is InChI=1S/C15H17NO2/c1-3-13(14-10-9-11(2)18-14)16-15(17)12-7-5-4-6-8-12/h4-10,13H,3H2,1-2H3,(H,16,17). The number of aryl methyl sites for hydroxylation is 1. The molecular weight excluding hydrogens is 226 g/mol. The summed E-state index contributed by atoms with van der Waals surface area (Å²) in [5, 5.41) is 2.98. The van der Waals surface area contributed by atoms with Crippen molar-refractivity contribution in [1.82, 2.24) is 5.32 Å². The number of carbonyl (C=O) groups is 1. The molecule has 0 bridgehead atoms. The van der Waals surface area contributed by atoms with Crippen molar-refractivity contribution in [3.05, 3.63) is 59.5 Å². The van der Waals surface area contributed by atoms with Crippen LogP contribution in [0.3, 0.4) is 0 Å². The highest BCUT2D eigenvalue weighted by Gasteiger charge is 2.16. The first-order chi connectivity index (χ1) is 8.70. The van der Waals surface area contributed by atoms with Crippen molar-refractivity contribution < 1.29 is 9.21 Å². The summed E-state index contributed by atoms with van der Waals surface area (Å²) >= 11 is 0. The third kappa shape index (κ3) is 2.80. The number of furan rings is 1. The van der Waals surface area contributed by atoms with E-state index in [2.05, 4.69) is 5.32 Å². The summed E-state index contributed by atoms with van der Waals surface area (Å²) in [4.78, 5) is 12.0. The predicted molar refractivity (Wildman–Crippen MR) is 70.4 cm³/mol. The van der Waals surface area contributed by atoms with Crippen LogP contribution in [0.5, 0.6) is 0 Å². The normalized spacial score (nSPS) is 12.1. The van der Waals surface area contributed by atoms with Gasteiger partial charge < -0.3 is 9.73 Å². The van der Waals surface area contributed by atoms with Crippen molar-refractivity contribution >= 4 is 5.91 Å². The molecule has 0 aliphatic rings. The maximum Gasteiger partial charge on any atom is 0.251 e. The Morgan fingerprint density at radius 2 is 1.94 bits per heavy atom. The van der Waals surface area contributed by atoms with E-state index in [9.17, 15) is 4.79 Å². The Balaban J connectivity index is 2.10. The third-order valence-corrected chi connectivity index (χ3v) is 2.85. The molecule has 2 rings (SSSR count).